The van der Waals surface area contributed by atoms with Gasteiger partial charge >= 0.3 is 0 Å². The van der Waals surface area contributed by atoms with Crippen molar-refractivity contribution in [1.29, 1.82) is 0 Å². The minimum Gasteiger partial charge on any atom is -0.374 e. The van der Waals surface area contributed by atoms with E-state index >= 15 is 0 Å². The summed E-state index contributed by atoms with van der Waals surface area (Å²) in [6, 6.07) is 0. The van der Waals surface area contributed by atoms with Gasteiger partial charge in [-0.1, -0.05) is 15.9 Å². The molecule has 2 heterocycles. The number of rotatable bonds is 2. The summed E-state index contributed by atoms with van der Waals surface area (Å²) >= 11 is 3.19. The number of hydrogen-bond acceptors (Lipinski definition) is 2. The van der Waals surface area contributed by atoms with Crippen LogP contribution in [0.5, 0.6) is 0 Å². The number of ketones is 1. The SMILES string of the molecule is O=C(CBr)C1CC2CCC1O2. The van der Waals surface area contributed by atoms with Gasteiger partial charge in [-0.15, -0.1) is 0 Å². The summed E-state index contributed by atoms with van der Waals surface area (Å²) in [5, 5.41) is 0.490. The van der Waals surface area contributed by atoms with Crippen LogP contribution in [0.3, 0.4) is 0 Å². The summed E-state index contributed by atoms with van der Waals surface area (Å²) in [6.07, 6.45) is 3.87. The quantitative estimate of drug-likeness (QED) is 0.658. The Bertz CT molecular complexity index is 181. The number of hydrogen-bond donors (Lipinski definition) is 0. The Morgan fingerprint density at radius 3 is 2.82 bits per heavy atom. The molecular weight excluding hydrogens is 208 g/mol. The number of halogens is 1. The highest BCUT2D eigenvalue weighted by Gasteiger charge is 2.43. The van der Waals surface area contributed by atoms with Crippen molar-refractivity contribution in [3.05, 3.63) is 0 Å². The highest BCUT2D eigenvalue weighted by Crippen LogP contribution is 2.39. The number of alkyl halides is 1. The van der Waals surface area contributed by atoms with Crippen LogP contribution >= 0.6 is 15.9 Å². The van der Waals surface area contributed by atoms with Gasteiger partial charge in [0.05, 0.1) is 17.5 Å². The standard InChI is InChI=1S/C8H11BrO2/c9-4-7(10)6-3-5-1-2-8(6)11-5/h5-6,8H,1-4H2. The summed E-state index contributed by atoms with van der Waals surface area (Å²) in [4.78, 5) is 11.3. The predicted molar refractivity (Wildman–Crippen MR) is 44.8 cm³/mol. The van der Waals surface area contributed by atoms with E-state index in [1.807, 2.05) is 0 Å². The van der Waals surface area contributed by atoms with Crippen molar-refractivity contribution in [3.8, 4) is 0 Å². The molecule has 0 aliphatic carbocycles. The van der Waals surface area contributed by atoms with Gasteiger partial charge in [0.15, 0.2) is 0 Å². The summed E-state index contributed by atoms with van der Waals surface area (Å²) in [5.41, 5.74) is 0. The molecule has 2 aliphatic heterocycles. The van der Waals surface area contributed by atoms with Gasteiger partial charge in [0, 0.05) is 5.92 Å². The highest BCUT2D eigenvalue weighted by atomic mass is 79.9. The Labute approximate surface area is 74.4 Å². The molecule has 2 aliphatic rings. The van der Waals surface area contributed by atoms with Crippen molar-refractivity contribution in [2.24, 2.45) is 5.92 Å². The molecule has 2 nitrogen and oxygen atoms in total. The normalized spacial score (nSPS) is 41.4. The summed E-state index contributed by atoms with van der Waals surface area (Å²) in [7, 11) is 0. The zero-order valence-corrected chi connectivity index (χ0v) is 7.84. The monoisotopic (exact) mass is 218 g/mol. The molecule has 2 rings (SSSR count). The van der Waals surface area contributed by atoms with Gasteiger partial charge in [-0.05, 0) is 19.3 Å². The Kier molecular flexibility index (Phi) is 2.02. The smallest absolute Gasteiger partial charge is 0.149 e. The van der Waals surface area contributed by atoms with Crippen molar-refractivity contribution in [3.63, 3.8) is 0 Å². The molecule has 0 radical (unpaired) electrons. The Morgan fingerprint density at radius 1 is 1.55 bits per heavy atom. The second-order valence-corrected chi connectivity index (χ2v) is 3.88. The van der Waals surface area contributed by atoms with E-state index in [1.165, 1.54) is 0 Å². The van der Waals surface area contributed by atoms with E-state index in [0.29, 0.717) is 17.2 Å². The lowest BCUT2D eigenvalue weighted by Crippen LogP contribution is -2.25. The number of ether oxygens (including phenoxy) is 1. The molecule has 0 saturated carbocycles. The average molecular weight is 219 g/mol. The van der Waals surface area contributed by atoms with E-state index in [4.69, 9.17) is 4.74 Å². The maximum atomic E-state index is 11.3. The van der Waals surface area contributed by atoms with Crippen LogP contribution in [-0.2, 0) is 9.53 Å². The Balaban J connectivity index is 2.02. The third-order valence-corrected chi connectivity index (χ3v) is 3.20. The van der Waals surface area contributed by atoms with Gasteiger partial charge in [-0.25, -0.2) is 0 Å². The van der Waals surface area contributed by atoms with Crippen molar-refractivity contribution in [2.45, 2.75) is 31.5 Å². The number of fused-ring (bicyclic) bond motifs is 2. The third-order valence-electron chi connectivity index (χ3n) is 2.65. The molecule has 2 saturated heterocycles. The van der Waals surface area contributed by atoms with E-state index in [2.05, 4.69) is 15.9 Å². The van der Waals surface area contributed by atoms with E-state index in [9.17, 15) is 4.79 Å². The molecule has 0 aromatic carbocycles. The average Bonchev–Trinajstić information content (AvgIpc) is 2.62. The van der Waals surface area contributed by atoms with Crippen LogP contribution in [0.15, 0.2) is 0 Å². The molecule has 3 unspecified atom stereocenters. The van der Waals surface area contributed by atoms with Crippen LogP contribution in [-0.4, -0.2) is 23.3 Å². The number of carbonyl (C=O) groups excluding carboxylic acids is 1. The first kappa shape index (κ1) is 7.74. The third kappa shape index (κ3) is 1.25. The first-order chi connectivity index (χ1) is 5.31. The van der Waals surface area contributed by atoms with E-state index in [0.717, 1.165) is 19.3 Å². The maximum Gasteiger partial charge on any atom is 0.149 e. The van der Waals surface area contributed by atoms with E-state index < -0.39 is 0 Å². The lowest BCUT2D eigenvalue weighted by atomic mass is 9.87. The maximum absolute atomic E-state index is 11.3. The fourth-order valence-electron chi connectivity index (χ4n) is 2.08. The van der Waals surface area contributed by atoms with Gasteiger partial charge in [0.25, 0.3) is 0 Å². The first-order valence-corrected chi connectivity index (χ1v) is 5.17. The molecule has 0 spiro atoms. The zero-order valence-electron chi connectivity index (χ0n) is 6.25. The highest BCUT2D eigenvalue weighted by molar-refractivity contribution is 9.09. The van der Waals surface area contributed by atoms with Gasteiger partial charge < -0.3 is 4.74 Å². The van der Waals surface area contributed by atoms with E-state index in [-0.39, 0.29) is 12.0 Å². The number of Topliss-reactive ketones (excluding diaryl/α,β-unsaturated/α-hetero) is 1. The summed E-state index contributed by atoms with van der Waals surface area (Å²) in [5.74, 6) is 0.519. The fourth-order valence-corrected chi connectivity index (χ4v) is 2.49. The second-order valence-electron chi connectivity index (χ2n) is 3.32. The molecule has 3 atom stereocenters. The van der Waals surface area contributed by atoms with Crippen molar-refractivity contribution in [1.82, 2.24) is 0 Å². The van der Waals surface area contributed by atoms with Crippen LogP contribution in [0.2, 0.25) is 0 Å². The van der Waals surface area contributed by atoms with Gasteiger partial charge in [-0.2, -0.15) is 0 Å². The predicted octanol–water partition coefficient (Wildman–Crippen LogP) is 1.52. The van der Waals surface area contributed by atoms with Crippen LogP contribution in [0.4, 0.5) is 0 Å². The topological polar surface area (TPSA) is 26.3 Å². The molecule has 0 amide bonds. The first-order valence-electron chi connectivity index (χ1n) is 4.05. The van der Waals surface area contributed by atoms with Gasteiger partial charge in [0.2, 0.25) is 0 Å². The molecule has 3 heteroatoms. The molecule has 0 N–H and O–H groups in total. The van der Waals surface area contributed by atoms with Crippen molar-refractivity contribution >= 4 is 21.7 Å². The lowest BCUT2D eigenvalue weighted by Gasteiger charge is -2.15. The molecule has 62 valence electrons. The van der Waals surface area contributed by atoms with Crippen LogP contribution in [0, 0.1) is 5.92 Å². The molecule has 2 fully saturated rings. The van der Waals surface area contributed by atoms with Crippen molar-refractivity contribution in [2.75, 3.05) is 5.33 Å². The van der Waals surface area contributed by atoms with E-state index in [1.54, 1.807) is 0 Å². The minimum absolute atomic E-state index is 0.202. The zero-order chi connectivity index (χ0) is 7.84. The van der Waals surface area contributed by atoms with Crippen LogP contribution < -0.4 is 0 Å². The van der Waals surface area contributed by atoms with Gasteiger partial charge in [0.1, 0.15) is 5.78 Å². The minimum atomic E-state index is 0.202. The molecule has 11 heavy (non-hydrogen) atoms. The summed E-state index contributed by atoms with van der Waals surface area (Å²) in [6.45, 7) is 0. The molecule has 2 bridgehead atoms. The molecular formula is C8H11BrO2. The molecule has 0 aromatic heterocycles. The second kappa shape index (κ2) is 2.87. The number of carbonyl (C=O) groups is 1. The van der Waals surface area contributed by atoms with Crippen molar-refractivity contribution < 1.29 is 9.53 Å². The summed E-state index contributed by atoms with van der Waals surface area (Å²) < 4.78 is 5.57. The van der Waals surface area contributed by atoms with Gasteiger partial charge in [-0.3, -0.25) is 4.79 Å². The lowest BCUT2D eigenvalue weighted by molar-refractivity contribution is -0.121. The Hall–Kier alpha value is 0.110. The van der Waals surface area contributed by atoms with Crippen LogP contribution in [0.1, 0.15) is 19.3 Å². The molecule has 0 aromatic rings. The largest absolute Gasteiger partial charge is 0.374 e. The van der Waals surface area contributed by atoms with Crippen LogP contribution in [0.25, 0.3) is 0 Å². The Morgan fingerprint density at radius 2 is 2.36 bits per heavy atom. The fraction of sp³-hybridized carbons (Fsp3) is 0.875.